The van der Waals surface area contributed by atoms with E-state index < -0.39 is 17.7 Å². The number of rotatable bonds is 8. The van der Waals surface area contributed by atoms with Gasteiger partial charge in [0.25, 0.3) is 23.6 Å². The van der Waals surface area contributed by atoms with E-state index in [2.05, 4.69) is 5.32 Å². The molecule has 9 nitrogen and oxygen atoms in total. The lowest BCUT2D eigenvalue weighted by Crippen LogP contribution is -2.29. The Morgan fingerprint density at radius 2 is 1.44 bits per heavy atom. The first-order valence-electron chi connectivity index (χ1n) is 11.3. The molecule has 9 heteroatoms. The molecule has 1 heterocycles. The van der Waals surface area contributed by atoms with Crippen molar-refractivity contribution in [1.29, 1.82) is 0 Å². The smallest absolute Gasteiger partial charge is 0.266 e. The second kappa shape index (κ2) is 10.3. The van der Waals surface area contributed by atoms with Gasteiger partial charge >= 0.3 is 0 Å². The number of benzene rings is 3. The third-order valence-electron chi connectivity index (χ3n) is 5.53. The minimum Gasteiger partial charge on any atom is -0.494 e. The second-order valence-electron chi connectivity index (χ2n) is 8.19. The van der Waals surface area contributed by atoms with E-state index in [0.29, 0.717) is 29.5 Å². The first-order valence-corrected chi connectivity index (χ1v) is 11.3. The average molecular weight is 488 g/mol. The van der Waals surface area contributed by atoms with Gasteiger partial charge in [-0.05, 0) is 73.7 Å². The van der Waals surface area contributed by atoms with Crippen LogP contribution in [0.25, 0.3) is 0 Å². The number of anilines is 2. The predicted octanol–water partition coefficient (Wildman–Crippen LogP) is 3.61. The largest absolute Gasteiger partial charge is 0.494 e. The monoisotopic (exact) mass is 487 g/mol. The van der Waals surface area contributed by atoms with Crippen molar-refractivity contribution in [3.05, 3.63) is 83.4 Å². The van der Waals surface area contributed by atoms with Gasteiger partial charge in [0, 0.05) is 25.3 Å². The number of nitrogens with zero attached hydrogens (tertiary/aromatic N) is 2. The lowest BCUT2D eigenvalue weighted by atomic mass is 10.1. The number of fused-ring (bicyclic) bond motifs is 1. The molecule has 3 aromatic carbocycles. The first kappa shape index (κ1) is 24.5. The quantitative estimate of drug-likeness (QED) is 0.487. The highest BCUT2D eigenvalue weighted by Crippen LogP contribution is 2.30. The summed E-state index contributed by atoms with van der Waals surface area (Å²) >= 11 is 0. The molecule has 0 saturated heterocycles. The fourth-order valence-electron chi connectivity index (χ4n) is 3.59. The van der Waals surface area contributed by atoms with Crippen LogP contribution in [0.15, 0.2) is 66.7 Å². The molecular formula is C27H25N3O6. The van der Waals surface area contributed by atoms with Crippen LogP contribution < -0.4 is 19.7 Å². The van der Waals surface area contributed by atoms with E-state index in [1.165, 1.54) is 23.1 Å². The zero-order chi connectivity index (χ0) is 25.8. The van der Waals surface area contributed by atoms with Gasteiger partial charge in [-0.15, -0.1) is 0 Å². The maximum absolute atomic E-state index is 13.0. The first-order chi connectivity index (χ1) is 17.3. The molecule has 0 bridgehead atoms. The third-order valence-corrected chi connectivity index (χ3v) is 5.53. The van der Waals surface area contributed by atoms with Crippen LogP contribution in [0.1, 0.15) is 38.0 Å². The molecule has 0 unspecified atom stereocenters. The Morgan fingerprint density at radius 3 is 2.08 bits per heavy atom. The van der Waals surface area contributed by atoms with Crippen molar-refractivity contribution in [3.8, 4) is 11.5 Å². The van der Waals surface area contributed by atoms with Crippen LogP contribution in [0.3, 0.4) is 0 Å². The molecule has 0 fully saturated rings. The van der Waals surface area contributed by atoms with Crippen LogP contribution in [0.5, 0.6) is 11.5 Å². The summed E-state index contributed by atoms with van der Waals surface area (Å²) in [7, 11) is 3.29. The normalized spacial score (nSPS) is 12.2. The molecule has 1 N–H and O–H groups in total. The number of hydrogen-bond donors (Lipinski definition) is 1. The molecule has 36 heavy (non-hydrogen) atoms. The summed E-state index contributed by atoms with van der Waals surface area (Å²) < 4.78 is 10.8. The van der Waals surface area contributed by atoms with Crippen molar-refractivity contribution in [2.24, 2.45) is 0 Å². The van der Waals surface area contributed by atoms with Crippen molar-refractivity contribution < 1.29 is 28.7 Å². The predicted molar refractivity (Wildman–Crippen MR) is 134 cm³/mol. The summed E-state index contributed by atoms with van der Waals surface area (Å²) in [6, 6.07) is 17.6. The van der Waals surface area contributed by atoms with Gasteiger partial charge in [-0.3, -0.25) is 19.2 Å². The minimum atomic E-state index is -0.498. The lowest BCUT2D eigenvalue weighted by molar-refractivity contribution is -0.130. The summed E-state index contributed by atoms with van der Waals surface area (Å²) in [5.74, 6) is -0.429. The highest BCUT2D eigenvalue weighted by Gasteiger charge is 2.37. The van der Waals surface area contributed by atoms with Gasteiger partial charge < -0.3 is 19.7 Å². The number of amides is 4. The van der Waals surface area contributed by atoms with Crippen molar-refractivity contribution in [1.82, 2.24) is 4.90 Å². The number of nitrogens with one attached hydrogen (secondary N) is 1. The molecule has 0 atom stereocenters. The Balaban J connectivity index is 1.45. The SMILES string of the molecule is CCOc1ccc(N2C(=O)c3ccc(C(=O)Nc4ccc(OCC(=O)N(C)C)cc4)cc3C2=O)cc1. The van der Waals surface area contributed by atoms with E-state index in [-0.39, 0.29) is 29.2 Å². The molecule has 0 aromatic heterocycles. The number of likely N-dealkylation sites (N-methyl/N-ethyl adjacent to an activating group) is 1. The molecule has 1 aliphatic rings. The van der Waals surface area contributed by atoms with Crippen LogP contribution in [-0.4, -0.2) is 55.8 Å². The highest BCUT2D eigenvalue weighted by atomic mass is 16.5. The van der Waals surface area contributed by atoms with Gasteiger partial charge in [-0.1, -0.05) is 0 Å². The van der Waals surface area contributed by atoms with E-state index in [1.807, 2.05) is 6.92 Å². The molecular weight excluding hydrogens is 462 g/mol. The number of hydrogen-bond acceptors (Lipinski definition) is 6. The maximum atomic E-state index is 13.0. The van der Waals surface area contributed by atoms with E-state index in [4.69, 9.17) is 9.47 Å². The molecule has 0 spiro atoms. The number of carbonyl (C=O) groups is 4. The molecule has 3 aromatic rings. The average Bonchev–Trinajstić information content (AvgIpc) is 3.13. The Kier molecular flexibility index (Phi) is 7.00. The van der Waals surface area contributed by atoms with E-state index >= 15 is 0 Å². The molecule has 0 radical (unpaired) electrons. The van der Waals surface area contributed by atoms with Gasteiger partial charge in [-0.25, -0.2) is 4.90 Å². The van der Waals surface area contributed by atoms with Crippen LogP contribution in [-0.2, 0) is 4.79 Å². The van der Waals surface area contributed by atoms with Crippen LogP contribution in [0.4, 0.5) is 11.4 Å². The van der Waals surface area contributed by atoms with E-state index in [1.54, 1.807) is 62.6 Å². The highest BCUT2D eigenvalue weighted by molar-refractivity contribution is 6.34. The number of imide groups is 1. The van der Waals surface area contributed by atoms with Crippen LogP contribution in [0, 0.1) is 0 Å². The number of carbonyl (C=O) groups excluding carboxylic acids is 4. The summed E-state index contributed by atoms with van der Waals surface area (Å²) in [5, 5.41) is 2.75. The van der Waals surface area contributed by atoms with Gasteiger partial charge in [0.2, 0.25) is 0 Å². The fourth-order valence-corrected chi connectivity index (χ4v) is 3.59. The van der Waals surface area contributed by atoms with Crippen molar-refractivity contribution in [2.45, 2.75) is 6.92 Å². The minimum absolute atomic E-state index is 0.0890. The van der Waals surface area contributed by atoms with Gasteiger partial charge in [-0.2, -0.15) is 0 Å². The molecule has 4 amide bonds. The summed E-state index contributed by atoms with van der Waals surface area (Å²) in [5.41, 5.74) is 1.56. The zero-order valence-corrected chi connectivity index (χ0v) is 20.1. The van der Waals surface area contributed by atoms with Gasteiger partial charge in [0.05, 0.1) is 23.4 Å². The van der Waals surface area contributed by atoms with E-state index in [9.17, 15) is 19.2 Å². The van der Waals surface area contributed by atoms with E-state index in [0.717, 1.165) is 4.90 Å². The molecule has 0 aliphatic carbocycles. The van der Waals surface area contributed by atoms with Gasteiger partial charge in [0.1, 0.15) is 11.5 Å². The Morgan fingerprint density at radius 1 is 0.833 bits per heavy atom. The van der Waals surface area contributed by atoms with Crippen molar-refractivity contribution >= 4 is 35.0 Å². The topological polar surface area (TPSA) is 105 Å². The van der Waals surface area contributed by atoms with Crippen LogP contribution in [0.2, 0.25) is 0 Å². The molecule has 0 saturated carbocycles. The Labute approximate surface area is 208 Å². The Bertz CT molecular complexity index is 1320. The number of ether oxygens (including phenoxy) is 2. The standard InChI is InChI=1S/C27H25N3O6/c1-4-35-20-12-8-19(9-13-20)30-26(33)22-14-5-17(15-23(22)27(30)34)25(32)28-18-6-10-21(11-7-18)36-16-24(31)29(2)3/h5-15H,4,16H2,1-3H3,(H,28,32). The lowest BCUT2D eigenvalue weighted by Gasteiger charge is -2.14. The molecule has 184 valence electrons. The summed E-state index contributed by atoms with van der Waals surface area (Å²) in [6.45, 7) is 2.28. The fraction of sp³-hybridized carbons (Fsp3) is 0.185. The second-order valence-corrected chi connectivity index (χ2v) is 8.19. The maximum Gasteiger partial charge on any atom is 0.266 e. The zero-order valence-electron chi connectivity index (χ0n) is 20.1. The van der Waals surface area contributed by atoms with Crippen molar-refractivity contribution in [3.63, 3.8) is 0 Å². The summed E-state index contributed by atoms with van der Waals surface area (Å²) in [6.07, 6.45) is 0. The Hall–Kier alpha value is -4.66. The van der Waals surface area contributed by atoms with Crippen molar-refractivity contribution in [2.75, 3.05) is 37.5 Å². The molecule has 4 rings (SSSR count). The molecule has 1 aliphatic heterocycles. The van der Waals surface area contributed by atoms with Gasteiger partial charge in [0.15, 0.2) is 6.61 Å². The third kappa shape index (κ3) is 5.05. The van der Waals surface area contributed by atoms with Crippen LogP contribution >= 0.6 is 0 Å². The summed E-state index contributed by atoms with van der Waals surface area (Å²) in [4.78, 5) is 52.9.